The summed E-state index contributed by atoms with van der Waals surface area (Å²) in [5.74, 6) is 1.67. The summed E-state index contributed by atoms with van der Waals surface area (Å²) in [6.07, 6.45) is 11.4. The van der Waals surface area contributed by atoms with Gasteiger partial charge in [-0.05, 0) is 109 Å². The van der Waals surface area contributed by atoms with Crippen LogP contribution in [0.2, 0.25) is 0 Å². The Morgan fingerprint density at radius 2 is 1.36 bits per heavy atom. The molecule has 0 amide bonds. The number of Topliss-reactive ketones (excluding diaryl/α,β-unsaturated/α-hetero) is 1. The number of ketones is 1. The minimum atomic E-state index is -0.521. The Morgan fingerprint density at radius 3 is 2.03 bits per heavy atom. The number of aliphatic carboxylic acids is 1. The van der Waals surface area contributed by atoms with Crippen LogP contribution < -0.4 is 0 Å². The van der Waals surface area contributed by atoms with Crippen molar-refractivity contribution in [3.05, 3.63) is 0 Å². The van der Waals surface area contributed by atoms with E-state index in [1.807, 2.05) is 0 Å². The Kier molecular flexibility index (Phi) is 4.97. The van der Waals surface area contributed by atoms with Crippen LogP contribution in [0.4, 0.5) is 0 Å². The molecule has 0 aliphatic heterocycles. The van der Waals surface area contributed by atoms with E-state index in [-0.39, 0.29) is 38.9 Å². The van der Waals surface area contributed by atoms with Gasteiger partial charge in [0.1, 0.15) is 5.78 Å². The summed E-state index contributed by atoms with van der Waals surface area (Å²) in [7, 11) is 0. The minimum Gasteiger partial charge on any atom is -0.481 e. The maximum absolute atomic E-state index is 12.9. The van der Waals surface area contributed by atoms with Crippen molar-refractivity contribution in [3.63, 3.8) is 0 Å². The summed E-state index contributed by atoms with van der Waals surface area (Å²) in [4.78, 5) is 25.6. The van der Waals surface area contributed by atoms with E-state index in [0.29, 0.717) is 17.6 Å². The van der Waals surface area contributed by atoms with E-state index >= 15 is 0 Å². The zero-order valence-electron chi connectivity index (χ0n) is 22.4. The SMILES string of the molecule is C[C@H]1C(=O)CC[C@H]2[C@]3(C)CC[C@@]4(C)[C@H]5CC(C)(C)CC[C@]5(C(=O)O)CC[C@]4(C)[C@@H]3CC[C@@]21C. The van der Waals surface area contributed by atoms with Crippen molar-refractivity contribution in [2.45, 2.75) is 119 Å². The van der Waals surface area contributed by atoms with Crippen molar-refractivity contribution in [2.24, 2.45) is 56.2 Å². The lowest BCUT2D eigenvalue weighted by Crippen LogP contribution is -2.68. The first kappa shape index (κ1) is 23.9. The molecule has 5 fully saturated rings. The van der Waals surface area contributed by atoms with Gasteiger partial charge >= 0.3 is 5.97 Å². The van der Waals surface area contributed by atoms with E-state index in [1.54, 1.807) is 0 Å². The third kappa shape index (κ3) is 2.80. The van der Waals surface area contributed by atoms with Gasteiger partial charge in [0.25, 0.3) is 0 Å². The predicted molar refractivity (Wildman–Crippen MR) is 132 cm³/mol. The zero-order chi connectivity index (χ0) is 24.2. The first-order valence-corrected chi connectivity index (χ1v) is 13.9. The molecule has 9 atom stereocenters. The van der Waals surface area contributed by atoms with Crippen molar-refractivity contribution in [2.75, 3.05) is 0 Å². The van der Waals surface area contributed by atoms with Gasteiger partial charge in [-0.3, -0.25) is 9.59 Å². The molecule has 5 aliphatic rings. The highest BCUT2D eigenvalue weighted by Crippen LogP contribution is 2.78. The number of carboxylic acids is 1. The van der Waals surface area contributed by atoms with E-state index in [0.717, 1.165) is 57.8 Å². The van der Waals surface area contributed by atoms with Crippen molar-refractivity contribution >= 4 is 11.8 Å². The molecule has 0 aromatic rings. The van der Waals surface area contributed by atoms with Crippen molar-refractivity contribution in [1.29, 1.82) is 0 Å². The fraction of sp³-hybridized carbons (Fsp3) is 0.933. The summed E-state index contributed by atoms with van der Waals surface area (Å²) >= 11 is 0. The molecule has 0 saturated heterocycles. The van der Waals surface area contributed by atoms with Gasteiger partial charge in [0.05, 0.1) is 5.41 Å². The number of hydrogen-bond acceptors (Lipinski definition) is 2. The molecule has 3 heteroatoms. The van der Waals surface area contributed by atoms with E-state index in [1.165, 1.54) is 12.8 Å². The second-order valence-corrected chi connectivity index (χ2v) is 15.1. The van der Waals surface area contributed by atoms with E-state index < -0.39 is 11.4 Å². The van der Waals surface area contributed by atoms with Gasteiger partial charge in [-0.25, -0.2) is 0 Å². The van der Waals surface area contributed by atoms with Crippen LogP contribution in [-0.4, -0.2) is 16.9 Å². The van der Waals surface area contributed by atoms with E-state index in [2.05, 4.69) is 48.5 Å². The molecule has 1 N–H and O–H groups in total. The third-order valence-electron chi connectivity index (χ3n) is 13.7. The summed E-state index contributed by atoms with van der Waals surface area (Å²) in [5.41, 5.74) is 0.376. The first-order valence-electron chi connectivity index (χ1n) is 13.9. The van der Waals surface area contributed by atoms with Gasteiger partial charge in [0.2, 0.25) is 0 Å². The van der Waals surface area contributed by atoms with Crippen molar-refractivity contribution < 1.29 is 14.7 Å². The van der Waals surface area contributed by atoms with Gasteiger partial charge in [-0.15, -0.1) is 0 Å². The molecular formula is C30H48O3. The summed E-state index contributed by atoms with van der Waals surface area (Å²) < 4.78 is 0. The van der Waals surface area contributed by atoms with Crippen LogP contribution in [0.1, 0.15) is 119 Å². The second-order valence-electron chi connectivity index (χ2n) is 15.1. The molecule has 0 aromatic carbocycles. The highest BCUT2D eigenvalue weighted by atomic mass is 16.4. The Labute approximate surface area is 201 Å². The molecule has 5 rings (SSSR count). The molecule has 0 radical (unpaired) electrons. The summed E-state index contributed by atoms with van der Waals surface area (Å²) in [6.45, 7) is 17.0. The van der Waals surface area contributed by atoms with Gasteiger partial charge in [-0.2, -0.15) is 0 Å². The van der Waals surface area contributed by atoms with Gasteiger partial charge in [-0.1, -0.05) is 48.5 Å². The molecule has 0 unspecified atom stereocenters. The Morgan fingerprint density at radius 1 is 0.758 bits per heavy atom. The average Bonchev–Trinajstić information content (AvgIpc) is 2.73. The molecular weight excluding hydrogens is 408 g/mol. The fourth-order valence-electron chi connectivity index (χ4n) is 11.2. The Hall–Kier alpha value is -0.860. The monoisotopic (exact) mass is 456 g/mol. The quantitative estimate of drug-likeness (QED) is 0.444. The second kappa shape index (κ2) is 6.88. The van der Waals surface area contributed by atoms with E-state index in [9.17, 15) is 14.7 Å². The number of rotatable bonds is 1. The molecule has 0 heterocycles. The van der Waals surface area contributed by atoms with Crippen LogP contribution >= 0.6 is 0 Å². The van der Waals surface area contributed by atoms with Crippen LogP contribution in [-0.2, 0) is 9.59 Å². The topological polar surface area (TPSA) is 54.4 Å². The zero-order valence-corrected chi connectivity index (χ0v) is 22.4. The number of fused-ring (bicyclic) bond motifs is 7. The van der Waals surface area contributed by atoms with Gasteiger partial charge in [0.15, 0.2) is 0 Å². The molecule has 0 spiro atoms. The van der Waals surface area contributed by atoms with Crippen LogP contribution in [0.5, 0.6) is 0 Å². The summed E-state index contributed by atoms with van der Waals surface area (Å²) in [5, 5.41) is 10.6. The Bertz CT molecular complexity index is 876. The van der Waals surface area contributed by atoms with Gasteiger partial charge < -0.3 is 5.11 Å². The standard InChI is InChI=1S/C30H48O3/c1-19-20(31)8-9-21-26(19,4)11-10-22-27(21,5)13-14-29(7)23-18-25(2,3)12-16-30(23,24(32)33)17-15-28(22,29)6/h19,21-23H,8-18H2,1-7H3,(H,32,33)/t19-,21+,22+,23+,26+,27-,28+,29-,30-/m0/s1. The molecule has 5 aliphatic carbocycles. The van der Waals surface area contributed by atoms with Crippen LogP contribution in [0.25, 0.3) is 0 Å². The Balaban J connectivity index is 1.57. The number of carboxylic acid groups (broad SMARTS) is 1. The summed E-state index contributed by atoms with van der Waals surface area (Å²) in [6, 6.07) is 0. The van der Waals surface area contributed by atoms with Crippen molar-refractivity contribution in [1.82, 2.24) is 0 Å². The fourth-order valence-corrected chi connectivity index (χ4v) is 11.2. The molecule has 0 aromatic heterocycles. The minimum absolute atomic E-state index is 0.0787. The molecule has 33 heavy (non-hydrogen) atoms. The van der Waals surface area contributed by atoms with Crippen LogP contribution in [0.3, 0.4) is 0 Å². The smallest absolute Gasteiger partial charge is 0.309 e. The van der Waals surface area contributed by atoms with Crippen molar-refractivity contribution in [3.8, 4) is 0 Å². The van der Waals surface area contributed by atoms with Crippen LogP contribution in [0.15, 0.2) is 0 Å². The largest absolute Gasteiger partial charge is 0.481 e. The third-order valence-corrected chi connectivity index (χ3v) is 13.7. The molecule has 0 bridgehead atoms. The molecule has 3 nitrogen and oxygen atoms in total. The maximum atomic E-state index is 12.9. The lowest BCUT2D eigenvalue weighted by atomic mass is 9.30. The molecule has 186 valence electrons. The predicted octanol–water partition coefficient (Wildman–Crippen LogP) is 7.52. The van der Waals surface area contributed by atoms with Crippen LogP contribution in [0, 0.1) is 56.2 Å². The number of carbonyl (C=O) groups excluding carboxylic acids is 1. The maximum Gasteiger partial charge on any atom is 0.309 e. The van der Waals surface area contributed by atoms with E-state index in [4.69, 9.17) is 0 Å². The van der Waals surface area contributed by atoms with Gasteiger partial charge in [0, 0.05) is 12.3 Å². The first-order chi connectivity index (χ1) is 15.2. The molecule has 5 saturated carbocycles. The lowest BCUT2D eigenvalue weighted by Gasteiger charge is -2.74. The highest BCUT2D eigenvalue weighted by Gasteiger charge is 2.72. The lowest BCUT2D eigenvalue weighted by molar-refractivity contribution is -0.259. The number of carbonyl (C=O) groups is 2. The normalized spacial score (nSPS) is 55.5. The number of hydrogen-bond donors (Lipinski definition) is 1. The average molecular weight is 457 g/mol. The highest BCUT2D eigenvalue weighted by molar-refractivity contribution is 5.82.